The van der Waals surface area contributed by atoms with E-state index in [-0.39, 0.29) is 18.0 Å². The van der Waals surface area contributed by atoms with E-state index < -0.39 is 17.9 Å². The molecule has 0 amide bonds. The summed E-state index contributed by atoms with van der Waals surface area (Å²) in [5, 5.41) is 3.09. The van der Waals surface area contributed by atoms with E-state index in [1.165, 1.54) is 18.2 Å². The molecule has 0 aliphatic carbocycles. The van der Waals surface area contributed by atoms with Crippen LogP contribution in [0.3, 0.4) is 0 Å². The molecule has 18 heavy (non-hydrogen) atoms. The summed E-state index contributed by atoms with van der Waals surface area (Å²) in [6.45, 7) is 0.818. The van der Waals surface area contributed by atoms with Crippen molar-refractivity contribution in [3.8, 4) is 0 Å². The first-order chi connectivity index (χ1) is 8.48. The summed E-state index contributed by atoms with van der Waals surface area (Å²) in [6, 6.07) is 4.87. The van der Waals surface area contributed by atoms with Gasteiger partial charge in [0.15, 0.2) is 0 Å². The van der Waals surface area contributed by atoms with E-state index in [4.69, 9.17) is 0 Å². The number of hydrogen-bond acceptors (Lipinski definition) is 1. The largest absolute Gasteiger partial charge is 0.416 e. The summed E-state index contributed by atoms with van der Waals surface area (Å²) in [4.78, 5) is 0. The van der Waals surface area contributed by atoms with Crippen molar-refractivity contribution in [3.05, 3.63) is 35.4 Å². The van der Waals surface area contributed by atoms with Gasteiger partial charge in [-0.05, 0) is 37.4 Å². The van der Waals surface area contributed by atoms with Crippen molar-refractivity contribution in [2.24, 2.45) is 0 Å². The minimum absolute atomic E-state index is 0.0127. The van der Waals surface area contributed by atoms with Gasteiger partial charge in [0.25, 0.3) is 0 Å². The molecule has 1 aliphatic heterocycles. The van der Waals surface area contributed by atoms with Gasteiger partial charge in [-0.2, -0.15) is 13.2 Å². The van der Waals surface area contributed by atoms with Crippen LogP contribution in [0.1, 0.15) is 36.6 Å². The normalized spacial score (nSPS) is 22.1. The van der Waals surface area contributed by atoms with Gasteiger partial charge in [0.2, 0.25) is 0 Å². The molecule has 0 spiro atoms. The van der Waals surface area contributed by atoms with E-state index in [1.807, 2.05) is 0 Å². The van der Waals surface area contributed by atoms with E-state index in [2.05, 4.69) is 5.32 Å². The second kappa shape index (κ2) is 5.26. The van der Waals surface area contributed by atoms with E-state index in [1.54, 1.807) is 0 Å². The lowest BCUT2D eigenvalue weighted by molar-refractivity contribution is -0.138. The molecule has 1 N–H and O–H groups in total. The van der Waals surface area contributed by atoms with E-state index in [0.29, 0.717) is 0 Å². The molecule has 2 unspecified atom stereocenters. The molecule has 1 aromatic rings. The molecular formula is C13H15F4N. The Morgan fingerprint density at radius 3 is 2.61 bits per heavy atom. The van der Waals surface area contributed by atoms with Crippen LogP contribution in [0.15, 0.2) is 24.3 Å². The van der Waals surface area contributed by atoms with Gasteiger partial charge in [-0.3, -0.25) is 0 Å². The molecule has 1 aliphatic rings. The second-order valence-corrected chi connectivity index (χ2v) is 4.58. The second-order valence-electron chi connectivity index (χ2n) is 4.58. The third-order valence-corrected chi connectivity index (χ3v) is 3.26. The van der Waals surface area contributed by atoms with Crippen LogP contribution < -0.4 is 5.32 Å². The van der Waals surface area contributed by atoms with Crippen molar-refractivity contribution in [1.82, 2.24) is 5.32 Å². The molecule has 0 saturated carbocycles. The fraction of sp³-hybridized carbons (Fsp3) is 0.538. The number of hydrogen-bond donors (Lipinski definition) is 1. The molecule has 1 aromatic carbocycles. The lowest BCUT2D eigenvalue weighted by atomic mass is 9.97. The van der Waals surface area contributed by atoms with Crippen LogP contribution in [0.25, 0.3) is 0 Å². The van der Waals surface area contributed by atoms with Crippen molar-refractivity contribution < 1.29 is 17.6 Å². The number of alkyl halides is 4. The zero-order valence-corrected chi connectivity index (χ0v) is 9.80. The van der Waals surface area contributed by atoms with Crippen LogP contribution in [-0.2, 0) is 6.18 Å². The smallest absolute Gasteiger partial charge is 0.314 e. The molecule has 0 bridgehead atoms. The van der Waals surface area contributed by atoms with Gasteiger partial charge in [0, 0.05) is 6.04 Å². The maximum absolute atomic E-state index is 14.0. The van der Waals surface area contributed by atoms with E-state index in [9.17, 15) is 17.6 Å². The number of rotatable bonds is 3. The average Bonchev–Trinajstić information content (AvgIpc) is 2.80. The summed E-state index contributed by atoms with van der Waals surface area (Å²) >= 11 is 0. The Hall–Kier alpha value is -1.10. The first-order valence-corrected chi connectivity index (χ1v) is 6.02. The van der Waals surface area contributed by atoms with Gasteiger partial charge in [-0.15, -0.1) is 0 Å². The molecule has 0 radical (unpaired) electrons. The highest BCUT2D eigenvalue weighted by Gasteiger charge is 2.35. The van der Waals surface area contributed by atoms with Crippen LogP contribution >= 0.6 is 0 Å². The predicted octanol–water partition coefficient (Wildman–Crippen LogP) is 3.86. The Kier molecular flexibility index (Phi) is 3.90. The summed E-state index contributed by atoms with van der Waals surface area (Å²) < 4.78 is 52.3. The zero-order valence-electron chi connectivity index (χ0n) is 9.80. The van der Waals surface area contributed by atoms with Crippen LogP contribution in [-0.4, -0.2) is 12.6 Å². The topological polar surface area (TPSA) is 12.0 Å². The van der Waals surface area contributed by atoms with Crippen molar-refractivity contribution >= 4 is 0 Å². The van der Waals surface area contributed by atoms with Gasteiger partial charge in [0.05, 0.1) is 5.56 Å². The highest BCUT2D eigenvalue weighted by atomic mass is 19.4. The van der Waals surface area contributed by atoms with Crippen LogP contribution in [0, 0.1) is 0 Å². The SMILES string of the molecule is FC(CC1CCCN1)c1ccccc1C(F)(F)F. The molecule has 2 atom stereocenters. The molecular weight excluding hydrogens is 246 g/mol. The maximum atomic E-state index is 14.0. The summed E-state index contributed by atoms with van der Waals surface area (Å²) in [7, 11) is 0. The van der Waals surface area contributed by atoms with Crippen LogP contribution in [0.2, 0.25) is 0 Å². The minimum atomic E-state index is -4.50. The summed E-state index contributed by atoms with van der Waals surface area (Å²) in [6.07, 6.45) is -4.18. The summed E-state index contributed by atoms with van der Waals surface area (Å²) in [5.74, 6) is 0. The highest BCUT2D eigenvalue weighted by Crippen LogP contribution is 2.37. The standard InChI is InChI=1S/C13H15F4N/c14-12(8-9-4-3-7-18-9)10-5-1-2-6-11(10)13(15,16)17/h1-2,5-6,9,12,18H,3-4,7-8H2. The average molecular weight is 261 g/mol. The van der Waals surface area contributed by atoms with Gasteiger partial charge in [-0.25, -0.2) is 4.39 Å². The molecule has 1 fully saturated rings. The Labute approximate surface area is 103 Å². The predicted molar refractivity (Wildman–Crippen MR) is 60.9 cm³/mol. The lowest BCUT2D eigenvalue weighted by Crippen LogP contribution is -2.23. The molecule has 2 rings (SSSR count). The lowest BCUT2D eigenvalue weighted by Gasteiger charge is -2.18. The van der Waals surface area contributed by atoms with Crippen molar-refractivity contribution in [1.29, 1.82) is 0 Å². The Morgan fingerprint density at radius 1 is 1.28 bits per heavy atom. The number of halogens is 4. The van der Waals surface area contributed by atoms with Gasteiger partial charge in [-0.1, -0.05) is 18.2 Å². The van der Waals surface area contributed by atoms with Crippen LogP contribution in [0.4, 0.5) is 17.6 Å². The first-order valence-electron chi connectivity index (χ1n) is 6.02. The Morgan fingerprint density at radius 2 is 2.00 bits per heavy atom. The monoisotopic (exact) mass is 261 g/mol. The number of nitrogens with one attached hydrogen (secondary N) is 1. The molecule has 5 heteroatoms. The quantitative estimate of drug-likeness (QED) is 0.815. The van der Waals surface area contributed by atoms with Gasteiger partial charge < -0.3 is 5.32 Å². The van der Waals surface area contributed by atoms with Crippen molar-refractivity contribution in [2.45, 2.75) is 37.7 Å². The maximum Gasteiger partial charge on any atom is 0.416 e. The van der Waals surface area contributed by atoms with E-state index >= 15 is 0 Å². The van der Waals surface area contributed by atoms with E-state index in [0.717, 1.165) is 25.5 Å². The van der Waals surface area contributed by atoms with Crippen LogP contribution in [0.5, 0.6) is 0 Å². The van der Waals surface area contributed by atoms with Gasteiger partial charge in [0.1, 0.15) is 6.17 Å². The summed E-state index contributed by atoms with van der Waals surface area (Å²) in [5.41, 5.74) is -1.12. The molecule has 0 aromatic heterocycles. The Balaban J connectivity index is 2.16. The fourth-order valence-electron chi connectivity index (χ4n) is 2.36. The van der Waals surface area contributed by atoms with Crippen molar-refractivity contribution in [3.63, 3.8) is 0 Å². The Bertz CT molecular complexity index is 396. The molecule has 1 heterocycles. The number of benzene rings is 1. The molecule has 1 saturated heterocycles. The molecule has 1 nitrogen and oxygen atoms in total. The third-order valence-electron chi connectivity index (χ3n) is 3.26. The third kappa shape index (κ3) is 3.02. The fourth-order valence-corrected chi connectivity index (χ4v) is 2.36. The minimum Gasteiger partial charge on any atom is -0.314 e. The highest BCUT2D eigenvalue weighted by molar-refractivity contribution is 5.31. The van der Waals surface area contributed by atoms with Gasteiger partial charge >= 0.3 is 6.18 Å². The first kappa shape index (κ1) is 13.3. The zero-order chi connectivity index (χ0) is 13.2. The van der Waals surface area contributed by atoms with Crippen molar-refractivity contribution in [2.75, 3.05) is 6.54 Å². The molecule has 100 valence electrons.